The smallest absolute Gasteiger partial charge is 0.312 e. The number of alkyl halides is 3. The quantitative estimate of drug-likeness (QED) is 0.866. The summed E-state index contributed by atoms with van der Waals surface area (Å²) < 4.78 is 37.5. The van der Waals surface area contributed by atoms with E-state index in [1.54, 1.807) is 13.0 Å². The lowest BCUT2D eigenvalue weighted by molar-refractivity contribution is -0.137. The Morgan fingerprint density at radius 3 is 2.17 bits per heavy atom. The van der Waals surface area contributed by atoms with E-state index in [1.807, 2.05) is 0 Å². The molecule has 0 atom stereocenters. The van der Waals surface area contributed by atoms with Gasteiger partial charge in [0.1, 0.15) is 0 Å². The molecule has 0 aliphatic rings. The van der Waals surface area contributed by atoms with Gasteiger partial charge in [0.05, 0.1) is 5.56 Å². The molecule has 0 aliphatic heterocycles. The van der Waals surface area contributed by atoms with Crippen molar-refractivity contribution in [3.63, 3.8) is 0 Å². The third-order valence-electron chi connectivity index (χ3n) is 2.72. The summed E-state index contributed by atoms with van der Waals surface area (Å²) in [6.45, 7) is 8.67. The maximum Gasteiger partial charge on any atom is 0.416 e. The molecular formula is C14H20F3N. The Morgan fingerprint density at radius 1 is 1.11 bits per heavy atom. The molecule has 0 spiro atoms. The van der Waals surface area contributed by atoms with Crippen LogP contribution in [0.5, 0.6) is 0 Å². The Hall–Kier alpha value is -1.03. The zero-order valence-electron chi connectivity index (χ0n) is 11.3. The molecule has 1 nitrogen and oxygen atoms in total. The van der Waals surface area contributed by atoms with Crippen molar-refractivity contribution in [3.05, 3.63) is 34.9 Å². The van der Waals surface area contributed by atoms with E-state index in [-0.39, 0.29) is 5.54 Å². The molecular weight excluding hydrogens is 239 g/mol. The Kier molecular flexibility index (Phi) is 4.43. The first-order chi connectivity index (χ1) is 8.09. The van der Waals surface area contributed by atoms with Gasteiger partial charge in [-0.3, -0.25) is 0 Å². The monoisotopic (exact) mass is 259 g/mol. The van der Waals surface area contributed by atoms with Crippen LogP contribution in [0.25, 0.3) is 0 Å². The second-order valence-electron chi connectivity index (χ2n) is 5.57. The van der Waals surface area contributed by atoms with Crippen molar-refractivity contribution < 1.29 is 13.2 Å². The van der Waals surface area contributed by atoms with Gasteiger partial charge in [0.25, 0.3) is 0 Å². The van der Waals surface area contributed by atoms with Gasteiger partial charge in [0.15, 0.2) is 0 Å². The van der Waals surface area contributed by atoms with Crippen LogP contribution in [0.1, 0.15) is 37.5 Å². The molecule has 0 aliphatic carbocycles. The summed E-state index contributed by atoms with van der Waals surface area (Å²) in [7, 11) is 0. The van der Waals surface area contributed by atoms with Crippen molar-refractivity contribution >= 4 is 0 Å². The number of rotatable bonds is 3. The highest BCUT2D eigenvalue weighted by Crippen LogP contribution is 2.30. The second kappa shape index (κ2) is 5.31. The molecule has 1 rings (SSSR count). The van der Waals surface area contributed by atoms with E-state index in [0.29, 0.717) is 5.56 Å². The third-order valence-corrected chi connectivity index (χ3v) is 2.72. The second-order valence-corrected chi connectivity index (χ2v) is 5.57. The third kappa shape index (κ3) is 4.69. The van der Waals surface area contributed by atoms with Crippen molar-refractivity contribution in [1.82, 2.24) is 5.32 Å². The minimum atomic E-state index is -4.26. The van der Waals surface area contributed by atoms with Crippen LogP contribution in [0.3, 0.4) is 0 Å². The zero-order valence-corrected chi connectivity index (χ0v) is 11.3. The van der Waals surface area contributed by atoms with Crippen molar-refractivity contribution in [2.45, 2.75) is 45.8 Å². The molecule has 0 fully saturated rings. The molecule has 1 N–H and O–H groups in total. The summed E-state index contributed by atoms with van der Waals surface area (Å²) in [5.74, 6) is 0. The number of hydrogen-bond donors (Lipinski definition) is 1. The molecule has 0 amide bonds. The SMILES string of the molecule is Cc1cc(C(F)(F)F)ccc1CCNC(C)(C)C. The highest BCUT2D eigenvalue weighted by molar-refractivity contribution is 5.32. The molecule has 0 saturated heterocycles. The standard InChI is InChI=1S/C14H20F3N/c1-10-9-12(14(15,16)17)6-5-11(10)7-8-18-13(2,3)4/h5-6,9,18H,7-8H2,1-4H3. The lowest BCUT2D eigenvalue weighted by Gasteiger charge is -2.21. The maximum atomic E-state index is 12.5. The summed E-state index contributed by atoms with van der Waals surface area (Å²) in [5, 5.41) is 3.32. The first-order valence-electron chi connectivity index (χ1n) is 6.01. The van der Waals surface area contributed by atoms with Gasteiger partial charge in [0.2, 0.25) is 0 Å². The van der Waals surface area contributed by atoms with Crippen molar-refractivity contribution in [2.75, 3.05) is 6.54 Å². The fraction of sp³-hybridized carbons (Fsp3) is 0.571. The molecule has 18 heavy (non-hydrogen) atoms. The normalized spacial score (nSPS) is 12.8. The number of benzene rings is 1. The highest BCUT2D eigenvalue weighted by atomic mass is 19.4. The van der Waals surface area contributed by atoms with Crippen molar-refractivity contribution in [3.8, 4) is 0 Å². The van der Waals surface area contributed by atoms with Gasteiger partial charge in [-0.05, 0) is 63.9 Å². The van der Waals surface area contributed by atoms with Crippen molar-refractivity contribution in [1.29, 1.82) is 0 Å². The molecule has 102 valence electrons. The predicted octanol–water partition coefficient (Wildman–Crippen LogP) is 3.94. The minimum Gasteiger partial charge on any atom is -0.312 e. The summed E-state index contributed by atoms with van der Waals surface area (Å²) in [4.78, 5) is 0. The van der Waals surface area contributed by atoms with Crippen LogP contribution in [0.15, 0.2) is 18.2 Å². The van der Waals surface area contributed by atoms with E-state index in [0.717, 1.165) is 24.6 Å². The first kappa shape index (κ1) is 15.0. The van der Waals surface area contributed by atoms with Crippen LogP contribution in [0.4, 0.5) is 13.2 Å². The molecule has 1 aromatic rings. The predicted molar refractivity (Wildman–Crippen MR) is 67.6 cm³/mol. The summed E-state index contributed by atoms with van der Waals surface area (Å²) in [5.41, 5.74) is 1.10. The zero-order chi connectivity index (χ0) is 14.0. The lowest BCUT2D eigenvalue weighted by Crippen LogP contribution is -2.37. The molecule has 0 aromatic heterocycles. The first-order valence-corrected chi connectivity index (χ1v) is 6.01. The van der Waals surface area contributed by atoms with E-state index in [9.17, 15) is 13.2 Å². The topological polar surface area (TPSA) is 12.0 Å². The molecule has 0 radical (unpaired) electrons. The Morgan fingerprint density at radius 2 is 1.72 bits per heavy atom. The van der Waals surface area contributed by atoms with Crippen LogP contribution in [-0.2, 0) is 12.6 Å². The molecule has 0 unspecified atom stereocenters. The molecule has 4 heteroatoms. The van der Waals surface area contributed by atoms with E-state index in [1.165, 1.54) is 6.07 Å². The van der Waals surface area contributed by atoms with Gasteiger partial charge in [-0.15, -0.1) is 0 Å². The van der Waals surface area contributed by atoms with Gasteiger partial charge < -0.3 is 5.32 Å². The number of halogens is 3. The lowest BCUT2D eigenvalue weighted by atomic mass is 10.0. The fourth-order valence-electron chi connectivity index (χ4n) is 1.72. The Bertz CT molecular complexity index is 402. The molecule has 0 heterocycles. The van der Waals surface area contributed by atoms with Crippen LogP contribution < -0.4 is 5.32 Å². The average molecular weight is 259 g/mol. The van der Waals surface area contributed by atoms with Crippen LogP contribution >= 0.6 is 0 Å². The van der Waals surface area contributed by atoms with Crippen molar-refractivity contribution in [2.24, 2.45) is 0 Å². The van der Waals surface area contributed by atoms with Crippen LogP contribution in [-0.4, -0.2) is 12.1 Å². The molecule has 1 aromatic carbocycles. The van der Waals surface area contributed by atoms with E-state index >= 15 is 0 Å². The maximum absolute atomic E-state index is 12.5. The van der Waals surface area contributed by atoms with E-state index < -0.39 is 11.7 Å². The van der Waals surface area contributed by atoms with Crippen LogP contribution in [0, 0.1) is 6.92 Å². The highest BCUT2D eigenvalue weighted by Gasteiger charge is 2.30. The average Bonchev–Trinajstić information content (AvgIpc) is 2.17. The number of nitrogens with one attached hydrogen (secondary N) is 1. The van der Waals surface area contributed by atoms with Crippen LogP contribution in [0.2, 0.25) is 0 Å². The molecule has 0 saturated carbocycles. The summed E-state index contributed by atoms with van der Waals surface area (Å²) in [6, 6.07) is 3.94. The number of hydrogen-bond acceptors (Lipinski definition) is 1. The summed E-state index contributed by atoms with van der Waals surface area (Å²) >= 11 is 0. The summed E-state index contributed by atoms with van der Waals surface area (Å²) in [6.07, 6.45) is -3.52. The van der Waals surface area contributed by atoms with Gasteiger partial charge >= 0.3 is 6.18 Å². The van der Waals surface area contributed by atoms with Gasteiger partial charge in [0, 0.05) is 5.54 Å². The van der Waals surface area contributed by atoms with E-state index in [2.05, 4.69) is 26.1 Å². The van der Waals surface area contributed by atoms with Gasteiger partial charge in [-0.1, -0.05) is 6.07 Å². The minimum absolute atomic E-state index is 0.0276. The van der Waals surface area contributed by atoms with Gasteiger partial charge in [-0.25, -0.2) is 0 Å². The largest absolute Gasteiger partial charge is 0.416 e. The molecule has 0 bridgehead atoms. The van der Waals surface area contributed by atoms with E-state index in [4.69, 9.17) is 0 Å². The number of aryl methyl sites for hydroxylation is 1. The Balaban J connectivity index is 2.69. The van der Waals surface area contributed by atoms with Gasteiger partial charge in [-0.2, -0.15) is 13.2 Å². The fourth-order valence-corrected chi connectivity index (χ4v) is 1.72. The Labute approximate surface area is 106 Å².